The van der Waals surface area contributed by atoms with Crippen molar-refractivity contribution in [3.8, 4) is 0 Å². The standard InChI is InChI=1S/C19H12Cl2N2O6S/c20-13-4-3-12-8-18(19(25)22-16(12)9-13)30(28,29)10-14(24)5-1-11-2-6-15(21)17(7-11)23(26)27/h1-9H,10H2,(H,22,25)/b5-1-. The summed E-state index contributed by atoms with van der Waals surface area (Å²) >= 11 is 11.6. The molecule has 0 saturated carbocycles. The molecular formula is C19H12Cl2N2O6S. The molecule has 0 unspecified atom stereocenters. The molecule has 0 aliphatic heterocycles. The van der Waals surface area contributed by atoms with Gasteiger partial charge in [0.25, 0.3) is 11.2 Å². The Morgan fingerprint density at radius 3 is 2.57 bits per heavy atom. The van der Waals surface area contributed by atoms with E-state index in [9.17, 15) is 28.1 Å². The van der Waals surface area contributed by atoms with Crippen molar-refractivity contribution in [2.75, 3.05) is 5.75 Å². The van der Waals surface area contributed by atoms with E-state index in [1.165, 1.54) is 36.4 Å². The number of nitro benzene ring substituents is 1. The lowest BCUT2D eigenvalue weighted by molar-refractivity contribution is -0.384. The number of sulfone groups is 1. The summed E-state index contributed by atoms with van der Waals surface area (Å²) in [7, 11) is -4.23. The summed E-state index contributed by atoms with van der Waals surface area (Å²) in [6.07, 6.45) is 2.20. The van der Waals surface area contributed by atoms with Crippen LogP contribution in [-0.2, 0) is 14.6 Å². The first-order chi connectivity index (χ1) is 14.1. The topological polar surface area (TPSA) is 127 Å². The third-order valence-corrected chi connectivity index (χ3v) is 6.26. The fourth-order valence-electron chi connectivity index (χ4n) is 2.66. The molecule has 0 spiro atoms. The summed E-state index contributed by atoms with van der Waals surface area (Å²) in [6, 6.07) is 9.63. The van der Waals surface area contributed by atoms with Crippen LogP contribution in [0.5, 0.6) is 0 Å². The highest BCUT2D eigenvalue weighted by Crippen LogP contribution is 2.25. The molecule has 0 fully saturated rings. The number of ketones is 1. The van der Waals surface area contributed by atoms with Crippen LogP contribution in [0.1, 0.15) is 5.56 Å². The Morgan fingerprint density at radius 1 is 1.13 bits per heavy atom. The quantitative estimate of drug-likeness (QED) is 0.334. The second-order valence-corrected chi connectivity index (χ2v) is 9.02. The largest absolute Gasteiger partial charge is 0.321 e. The molecule has 0 atom stereocenters. The first-order valence-electron chi connectivity index (χ1n) is 8.27. The zero-order valence-electron chi connectivity index (χ0n) is 15.0. The zero-order valence-corrected chi connectivity index (χ0v) is 17.3. The minimum absolute atomic E-state index is 0.0668. The van der Waals surface area contributed by atoms with Gasteiger partial charge in [0.2, 0.25) is 0 Å². The van der Waals surface area contributed by atoms with Gasteiger partial charge in [-0.3, -0.25) is 19.7 Å². The zero-order chi connectivity index (χ0) is 22.1. The average Bonchev–Trinajstić information content (AvgIpc) is 2.66. The fourth-order valence-corrected chi connectivity index (χ4v) is 4.28. The number of aromatic amines is 1. The van der Waals surface area contributed by atoms with Gasteiger partial charge < -0.3 is 4.98 Å². The second kappa shape index (κ2) is 8.39. The summed E-state index contributed by atoms with van der Waals surface area (Å²) in [5, 5.41) is 11.7. The van der Waals surface area contributed by atoms with Gasteiger partial charge in [-0.05, 0) is 41.3 Å². The van der Waals surface area contributed by atoms with Gasteiger partial charge in [0.1, 0.15) is 15.7 Å². The number of pyridine rings is 1. The maximum absolute atomic E-state index is 12.6. The first-order valence-corrected chi connectivity index (χ1v) is 10.7. The van der Waals surface area contributed by atoms with Crippen LogP contribution in [-0.4, -0.2) is 29.9 Å². The third kappa shape index (κ3) is 4.76. The molecule has 2 aromatic carbocycles. The summed E-state index contributed by atoms with van der Waals surface area (Å²) in [6.45, 7) is 0. The highest BCUT2D eigenvalue weighted by atomic mass is 35.5. The number of rotatable bonds is 6. The van der Waals surface area contributed by atoms with Crippen molar-refractivity contribution in [1.82, 2.24) is 4.98 Å². The normalized spacial score (nSPS) is 11.8. The highest BCUT2D eigenvalue weighted by Gasteiger charge is 2.22. The number of nitrogens with zero attached hydrogens (tertiary/aromatic N) is 1. The predicted molar refractivity (Wildman–Crippen MR) is 114 cm³/mol. The van der Waals surface area contributed by atoms with E-state index in [1.54, 1.807) is 6.07 Å². The third-order valence-electron chi connectivity index (χ3n) is 4.07. The smallest absolute Gasteiger partial charge is 0.288 e. The van der Waals surface area contributed by atoms with Gasteiger partial charge in [-0.15, -0.1) is 0 Å². The number of carbonyl (C=O) groups is 1. The SMILES string of the molecule is O=C(/C=C\c1ccc(Cl)c([N+](=O)[O-])c1)CS(=O)(=O)c1cc2ccc(Cl)cc2[nH]c1=O. The van der Waals surface area contributed by atoms with Gasteiger partial charge in [-0.2, -0.15) is 0 Å². The molecule has 1 heterocycles. The number of H-pyrrole nitrogens is 1. The Balaban J connectivity index is 1.85. The molecule has 0 radical (unpaired) electrons. The summed E-state index contributed by atoms with van der Waals surface area (Å²) < 4.78 is 25.1. The number of carbonyl (C=O) groups excluding carboxylic acids is 1. The minimum Gasteiger partial charge on any atom is -0.321 e. The monoisotopic (exact) mass is 466 g/mol. The van der Waals surface area contributed by atoms with Crippen LogP contribution >= 0.6 is 23.2 Å². The Labute approximate surface area is 179 Å². The number of halogens is 2. The summed E-state index contributed by atoms with van der Waals surface area (Å²) in [4.78, 5) is 36.5. The lowest BCUT2D eigenvalue weighted by Crippen LogP contribution is -2.22. The predicted octanol–water partition coefficient (Wildman–Crippen LogP) is 3.80. The van der Waals surface area contributed by atoms with E-state index in [1.807, 2.05) is 0 Å². The Bertz CT molecular complexity index is 1380. The number of nitrogens with one attached hydrogen (secondary N) is 1. The molecule has 0 aliphatic rings. The van der Waals surface area contributed by atoms with E-state index >= 15 is 0 Å². The minimum atomic E-state index is -4.23. The van der Waals surface area contributed by atoms with E-state index in [2.05, 4.69) is 4.98 Å². The van der Waals surface area contributed by atoms with Gasteiger partial charge in [0.15, 0.2) is 15.6 Å². The van der Waals surface area contributed by atoms with Gasteiger partial charge in [-0.1, -0.05) is 41.4 Å². The van der Waals surface area contributed by atoms with Crippen LogP contribution in [0.15, 0.2) is 58.2 Å². The van der Waals surface area contributed by atoms with Crippen LogP contribution in [0.25, 0.3) is 17.0 Å². The van der Waals surface area contributed by atoms with Crippen LogP contribution in [0.2, 0.25) is 10.0 Å². The van der Waals surface area contributed by atoms with Crippen LogP contribution in [0, 0.1) is 10.1 Å². The molecule has 8 nitrogen and oxygen atoms in total. The van der Waals surface area contributed by atoms with E-state index in [0.29, 0.717) is 15.9 Å². The molecule has 0 aliphatic carbocycles. The molecular weight excluding hydrogens is 455 g/mol. The van der Waals surface area contributed by atoms with E-state index in [0.717, 1.165) is 12.1 Å². The number of nitro groups is 1. The number of fused-ring (bicyclic) bond motifs is 1. The Kier molecular flexibility index (Phi) is 6.06. The maximum atomic E-state index is 12.6. The molecule has 1 N–H and O–H groups in total. The molecule has 0 amide bonds. The van der Waals surface area contributed by atoms with Crippen molar-refractivity contribution in [3.05, 3.63) is 84.6 Å². The number of benzene rings is 2. The number of hydrogen-bond donors (Lipinski definition) is 1. The Morgan fingerprint density at radius 2 is 1.87 bits per heavy atom. The van der Waals surface area contributed by atoms with Crippen molar-refractivity contribution < 1.29 is 18.1 Å². The summed E-state index contributed by atoms with van der Waals surface area (Å²) in [5.74, 6) is -1.75. The van der Waals surface area contributed by atoms with E-state index < -0.39 is 36.8 Å². The molecule has 1 aromatic heterocycles. The van der Waals surface area contributed by atoms with E-state index in [4.69, 9.17) is 23.2 Å². The molecule has 3 aromatic rings. The van der Waals surface area contributed by atoms with Crippen molar-refractivity contribution in [2.24, 2.45) is 0 Å². The average molecular weight is 467 g/mol. The van der Waals surface area contributed by atoms with Crippen molar-refractivity contribution in [1.29, 1.82) is 0 Å². The Hall–Kier alpha value is -3.01. The molecule has 30 heavy (non-hydrogen) atoms. The highest BCUT2D eigenvalue weighted by molar-refractivity contribution is 7.92. The van der Waals surface area contributed by atoms with Crippen LogP contribution in [0.3, 0.4) is 0 Å². The number of aromatic nitrogens is 1. The first kappa shape index (κ1) is 21.7. The lowest BCUT2D eigenvalue weighted by atomic mass is 10.2. The van der Waals surface area contributed by atoms with Gasteiger partial charge >= 0.3 is 0 Å². The second-order valence-electron chi connectivity index (χ2n) is 6.22. The molecule has 0 bridgehead atoms. The lowest BCUT2D eigenvalue weighted by Gasteiger charge is -2.04. The van der Waals surface area contributed by atoms with Crippen molar-refractivity contribution in [2.45, 2.75) is 4.90 Å². The van der Waals surface area contributed by atoms with E-state index in [-0.39, 0.29) is 16.3 Å². The van der Waals surface area contributed by atoms with Gasteiger partial charge in [-0.25, -0.2) is 8.42 Å². The number of allylic oxidation sites excluding steroid dienone is 1. The molecule has 0 saturated heterocycles. The van der Waals surface area contributed by atoms with Gasteiger partial charge in [0.05, 0.1) is 4.92 Å². The molecule has 11 heteroatoms. The summed E-state index contributed by atoms with van der Waals surface area (Å²) in [5.41, 5.74) is -0.559. The molecule has 154 valence electrons. The molecule has 3 rings (SSSR count). The fraction of sp³-hybridized carbons (Fsp3) is 0.0526. The maximum Gasteiger partial charge on any atom is 0.288 e. The van der Waals surface area contributed by atoms with Crippen molar-refractivity contribution in [3.63, 3.8) is 0 Å². The van der Waals surface area contributed by atoms with Crippen molar-refractivity contribution >= 4 is 61.5 Å². The van der Waals surface area contributed by atoms with Crippen LogP contribution in [0.4, 0.5) is 5.69 Å². The van der Waals surface area contributed by atoms with Crippen LogP contribution < -0.4 is 5.56 Å². The van der Waals surface area contributed by atoms with Gasteiger partial charge in [0, 0.05) is 16.6 Å². The number of hydrogen-bond acceptors (Lipinski definition) is 6.